The molecule has 2 heterocycles. The molecular weight excluding hydrogens is 224 g/mol. The monoisotopic (exact) mass is 236 g/mol. The molecule has 0 bridgehead atoms. The molecule has 17 heavy (non-hydrogen) atoms. The first kappa shape index (κ1) is 11.5. The van der Waals surface area contributed by atoms with Gasteiger partial charge in [-0.05, 0) is 12.1 Å². The molecule has 1 aromatic rings. The highest BCUT2D eigenvalue weighted by atomic mass is 16.5. The second kappa shape index (κ2) is 4.50. The van der Waals surface area contributed by atoms with Crippen molar-refractivity contribution in [2.24, 2.45) is 5.41 Å². The summed E-state index contributed by atoms with van der Waals surface area (Å²) < 4.78 is 9.55. The van der Waals surface area contributed by atoms with Crippen LogP contribution in [0.25, 0.3) is 0 Å². The minimum absolute atomic E-state index is 0.0400. The van der Waals surface area contributed by atoms with Gasteiger partial charge in [-0.25, -0.2) is 4.98 Å². The molecule has 1 amide bonds. The van der Waals surface area contributed by atoms with E-state index in [1.54, 1.807) is 24.4 Å². The summed E-state index contributed by atoms with van der Waals surface area (Å²) in [5.74, 6) is -0.640. The van der Waals surface area contributed by atoms with Crippen molar-refractivity contribution in [3.8, 4) is 0 Å². The number of amides is 1. The third kappa shape index (κ3) is 1.99. The number of nitrogens with zero attached hydrogens (tertiary/aromatic N) is 1. The van der Waals surface area contributed by atoms with Gasteiger partial charge in [0.2, 0.25) is 5.91 Å². The van der Waals surface area contributed by atoms with E-state index >= 15 is 0 Å². The van der Waals surface area contributed by atoms with Crippen LogP contribution in [0.4, 0.5) is 5.82 Å². The van der Waals surface area contributed by atoms with Gasteiger partial charge in [0.05, 0.1) is 20.3 Å². The molecule has 0 atom stereocenters. The molecule has 1 fully saturated rings. The molecule has 90 valence electrons. The van der Waals surface area contributed by atoms with E-state index in [1.807, 2.05) is 0 Å². The normalized spacial score (nSPS) is 16.8. The fourth-order valence-corrected chi connectivity index (χ4v) is 1.52. The van der Waals surface area contributed by atoms with Crippen LogP contribution < -0.4 is 5.32 Å². The summed E-state index contributed by atoms with van der Waals surface area (Å²) in [5.41, 5.74) is -1.23. The zero-order chi connectivity index (χ0) is 12.3. The summed E-state index contributed by atoms with van der Waals surface area (Å²) in [6.07, 6.45) is 1.55. The Kier molecular flexibility index (Phi) is 3.06. The lowest BCUT2D eigenvalue weighted by molar-refractivity contribution is -0.185. The number of ether oxygens (including phenoxy) is 2. The van der Waals surface area contributed by atoms with Gasteiger partial charge in [0.15, 0.2) is 5.41 Å². The molecule has 0 unspecified atom stereocenters. The number of rotatable bonds is 3. The van der Waals surface area contributed by atoms with Crippen LogP contribution in [0.3, 0.4) is 0 Å². The van der Waals surface area contributed by atoms with E-state index in [2.05, 4.69) is 15.0 Å². The largest absolute Gasteiger partial charge is 0.468 e. The van der Waals surface area contributed by atoms with E-state index < -0.39 is 17.3 Å². The first-order valence-corrected chi connectivity index (χ1v) is 5.08. The van der Waals surface area contributed by atoms with Gasteiger partial charge in [-0.1, -0.05) is 6.07 Å². The number of carbonyl (C=O) groups is 2. The zero-order valence-corrected chi connectivity index (χ0v) is 9.30. The van der Waals surface area contributed by atoms with Crippen molar-refractivity contribution in [1.82, 2.24) is 4.98 Å². The van der Waals surface area contributed by atoms with Crippen molar-refractivity contribution in [3.05, 3.63) is 24.4 Å². The van der Waals surface area contributed by atoms with Gasteiger partial charge in [0, 0.05) is 6.20 Å². The summed E-state index contributed by atoms with van der Waals surface area (Å²) in [5, 5.41) is 2.57. The maximum atomic E-state index is 12.0. The molecule has 1 N–H and O–H groups in total. The molecule has 6 heteroatoms. The first-order chi connectivity index (χ1) is 8.19. The van der Waals surface area contributed by atoms with Crippen molar-refractivity contribution in [1.29, 1.82) is 0 Å². The number of carbonyl (C=O) groups excluding carboxylic acids is 2. The lowest BCUT2D eigenvalue weighted by atomic mass is 9.85. The highest BCUT2D eigenvalue weighted by molar-refractivity contribution is 6.09. The Labute approximate surface area is 97.9 Å². The Balaban J connectivity index is 2.11. The second-order valence-corrected chi connectivity index (χ2v) is 3.74. The molecule has 0 aliphatic carbocycles. The molecule has 0 radical (unpaired) electrons. The van der Waals surface area contributed by atoms with Crippen molar-refractivity contribution in [2.45, 2.75) is 0 Å². The van der Waals surface area contributed by atoms with Crippen LogP contribution in [0, 0.1) is 5.41 Å². The van der Waals surface area contributed by atoms with Gasteiger partial charge in [-0.2, -0.15) is 0 Å². The molecule has 1 aromatic heterocycles. The molecule has 0 saturated carbocycles. The Morgan fingerprint density at radius 3 is 2.71 bits per heavy atom. The number of esters is 1. The molecule has 6 nitrogen and oxygen atoms in total. The van der Waals surface area contributed by atoms with E-state index in [1.165, 1.54) is 7.11 Å². The number of methoxy groups -OCH3 is 1. The smallest absolute Gasteiger partial charge is 0.326 e. The van der Waals surface area contributed by atoms with E-state index in [4.69, 9.17) is 4.74 Å². The van der Waals surface area contributed by atoms with Crippen LogP contribution in [0.2, 0.25) is 0 Å². The Hall–Kier alpha value is -1.95. The zero-order valence-electron chi connectivity index (χ0n) is 9.30. The van der Waals surface area contributed by atoms with Gasteiger partial charge in [0.1, 0.15) is 5.82 Å². The predicted octanol–water partition coefficient (Wildman–Crippen LogP) is 0.210. The van der Waals surface area contributed by atoms with Crippen molar-refractivity contribution < 1.29 is 19.1 Å². The molecule has 1 saturated heterocycles. The van der Waals surface area contributed by atoms with Crippen molar-refractivity contribution in [3.63, 3.8) is 0 Å². The third-order valence-electron chi connectivity index (χ3n) is 2.61. The van der Waals surface area contributed by atoms with Crippen LogP contribution >= 0.6 is 0 Å². The maximum absolute atomic E-state index is 12.0. The molecule has 2 rings (SSSR count). The summed E-state index contributed by atoms with van der Waals surface area (Å²) in [7, 11) is 1.25. The number of aromatic nitrogens is 1. The van der Waals surface area contributed by atoms with Gasteiger partial charge in [-0.15, -0.1) is 0 Å². The van der Waals surface area contributed by atoms with E-state index in [-0.39, 0.29) is 13.2 Å². The minimum atomic E-state index is -1.23. The van der Waals surface area contributed by atoms with Crippen LogP contribution in [-0.2, 0) is 19.1 Å². The highest BCUT2D eigenvalue weighted by Crippen LogP contribution is 2.30. The van der Waals surface area contributed by atoms with Gasteiger partial charge < -0.3 is 14.8 Å². The summed E-state index contributed by atoms with van der Waals surface area (Å²) in [6.45, 7) is 0.0800. The van der Waals surface area contributed by atoms with Gasteiger partial charge >= 0.3 is 5.97 Å². The molecule has 1 aliphatic rings. The van der Waals surface area contributed by atoms with Gasteiger partial charge in [-0.3, -0.25) is 9.59 Å². The minimum Gasteiger partial charge on any atom is -0.468 e. The van der Waals surface area contributed by atoms with E-state index in [0.29, 0.717) is 5.82 Å². The summed E-state index contributed by atoms with van der Waals surface area (Å²) >= 11 is 0. The number of nitrogens with one attached hydrogen (secondary N) is 1. The van der Waals surface area contributed by atoms with Crippen LogP contribution in [0.15, 0.2) is 24.4 Å². The number of hydrogen-bond acceptors (Lipinski definition) is 5. The second-order valence-electron chi connectivity index (χ2n) is 3.74. The Bertz CT molecular complexity index is 428. The standard InChI is InChI=1S/C11H12N2O4/c1-16-10(15)11(6-17-7-11)9(14)13-8-4-2-3-5-12-8/h2-5H,6-7H2,1H3,(H,12,13,14). The quantitative estimate of drug-likeness (QED) is 0.599. The molecule has 0 spiro atoms. The predicted molar refractivity (Wildman–Crippen MR) is 58.1 cm³/mol. The highest BCUT2D eigenvalue weighted by Gasteiger charge is 2.54. The van der Waals surface area contributed by atoms with E-state index in [9.17, 15) is 9.59 Å². The lowest BCUT2D eigenvalue weighted by Gasteiger charge is -2.36. The van der Waals surface area contributed by atoms with E-state index in [0.717, 1.165) is 0 Å². The maximum Gasteiger partial charge on any atom is 0.326 e. The molecule has 1 aliphatic heterocycles. The number of pyridine rings is 1. The van der Waals surface area contributed by atoms with Crippen LogP contribution in [0.5, 0.6) is 0 Å². The average Bonchev–Trinajstić information content (AvgIpc) is 2.28. The fourth-order valence-electron chi connectivity index (χ4n) is 1.52. The first-order valence-electron chi connectivity index (χ1n) is 5.08. The summed E-state index contributed by atoms with van der Waals surface area (Å²) in [4.78, 5) is 27.5. The SMILES string of the molecule is COC(=O)C1(C(=O)Nc2ccccn2)COC1. The number of anilines is 1. The summed E-state index contributed by atoms with van der Waals surface area (Å²) in [6, 6.07) is 5.12. The Morgan fingerprint density at radius 1 is 1.47 bits per heavy atom. The van der Waals surface area contributed by atoms with Crippen LogP contribution in [-0.4, -0.2) is 37.2 Å². The lowest BCUT2D eigenvalue weighted by Crippen LogP contribution is -2.57. The molecular formula is C11H12N2O4. The van der Waals surface area contributed by atoms with Crippen molar-refractivity contribution in [2.75, 3.05) is 25.6 Å². The average molecular weight is 236 g/mol. The third-order valence-corrected chi connectivity index (χ3v) is 2.61. The Morgan fingerprint density at radius 2 is 2.24 bits per heavy atom. The van der Waals surface area contributed by atoms with Crippen LogP contribution in [0.1, 0.15) is 0 Å². The molecule has 0 aromatic carbocycles. The van der Waals surface area contributed by atoms with Crippen molar-refractivity contribution >= 4 is 17.7 Å². The topological polar surface area (TPSA) is 77.5 Å². The fraction of sp³-hybridized carbons (Fsp3) is 0.364. The number of hydrogen-bond donors (Lipinski definition) is 1. The van der Waals surface area contributed by atoms with Gasteiger partial charge in [0.25, 0.3) is 0 Å².